The summed E-state index contributed by atoms with van der Waals surface area (Å²) >= 11 is 0. The molecule has 0 saturated carbocycles. The number of benzene rings is 1. The van der Waals surface area contributed by atoms with Gasteiger partial charge in [0.2, 0.25) is 5.91 Å². The van der Waals surface area contributed by atoms with Crippen LogP contribution in [0.25, 0.3) is 0 Å². The van der Waals surface area contributed by atoms with Gasteiger partial charge in [-0.2, -0.15) is 0 Å². The van der Waals surface area contributed by atoms with Crippen LogP contribution < -0.4 is 10.6 Å². The molecule has 1 aliphatic heterocycles. The summed E-state index contributed by atoms with van der Waals surface area (Å²) in [7, 11) is 0. The molecule has 3 nitrogen and oxygen atoms in total. The lowest BCUT2D eigenvalue weighted by molar-refractivity contribution is -0.132. The Morgan fingerprint density at radius 2 is 2.25 bits per heavy atom. The highest BCUT2D eigenvalue weighted by Crippen LogP contribution is 2.32. The molecule has 20 heavy (non-hydrogen) atoms. The average Bonchev–Trinajstić information content (AvgIpc) is 2.47. The van der Waals surface area contributed by atoms with E-state index in [0.29, 0.717) is 5.56 Å². The van der Waals surface area contributed by atoms with Crippen LogP contribution in [-0.4, -0.2) is 19.0 Å². The smallest absolute Gasteiger partial charge is 0.227 e. The maximum absolute atomic E-state index is 13.6. The third-order valence-corrected chi connectivity index (χ3v) is 4.08. The van der Waals surface area contributed by atoms with Crippen LogP contribution in [0.3, 0.4) is 0 Å². The maximum Gasteiger partial charge on any atom is 0.227 e. The van der Waals surface area contributed by atoms with E-state index in [4.69, 9.17) is 0 Å². The van der Waals surface area contributed by atoms with Gasteiger partial charge in [0.1, 0.15) is 5.82 Å². The summed E-state index contributed by atoms with van der Waals surface area (Å²) in [5, 5.41) is 6.23. The summed E-state index contributed by atoms with van der Waals surface area (Å²) in [4.78, 5) is 12.5. The lowest BCUT2D eigenvalue weighted by Gasteiger charge is -2.36. The fourth-order valence-corrected chi connectivity index (χ4v) is 2.97. The van der Waals surface area contributed by atoms with Gasteiger partial charge in [-0.3, -0.25) is 4.79 Å². The Balaban J connectivity index is 2.00. The average molecular weight is 278 g/mol. The standard InChI is InChI=1S/C16H23FN2O/c1-2-8-16(9-5-10-18-12-16)15(20)19-11-13-6-3-4-7-14(13)17/h3-4,6-7,18H,2,5,8-12H2,1H3,(H,19,20). The normalized spacial score (nSPS) is 22.5. The molecule has 0 bridgehead atoms. The lowest BCUT2D eigenvalue weighted by Crippen LogP contribution is -2.50. The first kappa shape index (κ1) is 15.0. The van der Waals surface area contributed by atoms with Crippen LogP contribution in [0.1, 0.15) is 38.2 Å². The molecule has 1 saturated heterocycles. The van der Waals surface area contributed by atoms with Crippen molar-refractivity contribution in [3.8, 4) is 0 Å². The quantitative estimate of drug-likeness (QED) is 0.869. The van der Waals surface area contributed by atoms with E-state index in [1.165, 1.54) is 6.07 Å². The molecule has 2 rings (SSSR count). The Kier molecular flexibility index (Phi) is 5.12. The van der Waals surface area contributed by atoms with Crippen molar-refractivity contribution in [2.45, 2.75) is 39.2 Å². The van der Waals surface area contributed by atoms with Crippen LogP contribution >= 0.6 is 0 Å². The van der Waals surface area contributed by atoms with Crippen LogP contribution in [0, 0.1) is 11.2 Å². The molecule has 1 unspecified atom stereocenters. The second-order valence-electron chi connectivity index (χ2n) is 5.58. The van der Waals surface area contributed by atoms with Crippen molar-refractivity contribution in [2.24, 2.45) is 5.41 Å². The van der Waals surface area contributed by atoms with Gasteiger partial charge in [0.15, 0.2) is 0 Å². The zero-order valence-electron chi connectivity index (χ0n) is 12.0. The molecule has 1 aromatic carbocycles. The third kappa shape index (κ3) is 3.37. The van der Waals surface area contributed by atoms with Gasteiger partial charge in [0.25, 0.3) is 0 Å². The summed E-state index contributed by atoms with van der Waals surface area (Å²) < 4.78 is 13.6. The number of nitrogens with one attached hydrogen (secondary N) is 2. The summed E-state index contributed by atoms with van der Waals surface area (Å²) in [6.07, 6.45) is 3.79. The van der Waals surface area contributed by atoms with Crippen LogP contribution in [0.4, 0.5) is 4.39 Å². The molecule has 1 aliphatic rings. The number of carbonyl (C=O) groups is 1. The molecular weight excluding hydrogens is 255 g/mol. The van der Waals surface area contributed by atoms with Crippen molar-refractivity contribution >= 4 is 5.91 Å². The molecule has 4 heteroatoms. The molecule has 2 N–H and O–H groups in total. The Morgan fingerprint density at radius 3 is 2.90 bits per heavy atom. The highest BCUT2D eigenvalue weighted by molar-refractivity contribution is 5.83. The van der Waals surface area contributed by atoms with E-state index in [0.717, 1.165) is 38.8 Å². The zero-order valence-corrected chi connectivity index (χ0v) is 12.0. The molecule has 1 atom stereocenters. The van der Waals surface area contributed by atoms with Crippen molar-refractivity contribution in [3.63, 3.8) is 0 Å². The summed E-state index contributed by atoms with van der Waals surface area (Å²) in [6.45, 7) is 4.06. The van der Waals surface area contributed by atoms with E-state index in [1.807, 2.05) is 0 Å². The van der Waals surface area contributed by atoms with Gasteiger partial charge in [-0.05, 0) is 31.9 Å². The fourth-order valence-electron chi connectivity index (χ4n) is 2.97. The number of hydrogen-bond acceptors (Lipinski definition) is 2. The minimum Gasteiger partial charge on any atom is -0.351 e. The molecule has 1 fully saturated rings. The van der Waals surface area contributed by atoms with Gasteiger partial charge >= 0.3 is 0 Å². The molecule has 0 aromatic heterocycles. The van der Waals surface area contributed by atoms with Crippen molar-refractivity contribution < 1.29 is 9.18 Å². The second kappa shape index (κ2) is 6.84. The van der Waals surface area contributed by atoms with Gasteiger partial charge in [-0.25, -0.2) is 4.39 Å². The predicted octanol–water partition coefficient (Wildman–Crippen LogP) is 2.61. The van der Waals surface area contributed by atoms with Crippen molar-refractivity contribution in [1.82, 2.24) is 10.6 Å². The monoisotopic (exact) mass is 278 g/mol. The second-order valence-corrected chi connectivity index (χ2v) is 5.58. The zero-order chi connectivity index (χ0) is 14.4. The molecule has 0 radical (unpaired) electrons. The highest BCUT2D eigenvalue weighted by Gasteiger charge is 2.38. The molecule has 1 amide bonds. The molecule has 0 spiro atoms. The predicted molar refractivity (Wildman–Crippen MR) is 77.7 cm³/mol. The Morgan fingerprint density at radius 1 is 1.45 bits per heavy atom. The number of hydrogen-bond donors (Lipinski definition) is 2. The van der Waals surface area contributed by atoms with E-state index in [2.05, 4.69) is 17.6 Å². The first-order valence-corrected chi connectivity index (χ1v) is 7.40. The van der Waals surface area contributed by atoms with Crippen LogP contribution in [-0.2, 0) is 11.3 Å². The minimum absolute atomic E-state index is 0.0507. The lowest BCUT2D eigenvalue weighted by atomic mass is 9.76. The largest absolute Gasteiger partial charge is 0.351 e. The van der Waals surface area contributed by atoms with E-state index < -0.39 is 0 Å². The van der Waals surface area contributed by atoms with E-state index in [1.54, 1.807) is 18.2 Å². The highest BCUT2D eigenvalue weighted by atomic mass is 19.1. The molecular formula is C16H23FN2O. The number of amides is 1. The summed E-state index contributed by atoms with van der Waals surface area (Å²) in [6, 6.07) is 6.57. The van der Waals surface area contributed by atoms with Gasteiger partial charge in [0.05, 0.1) is 5.41 Å². The fraction of sp³-hybridized carbons (Fsp3) is 0.562. The third-order valence-electron chi connectivity index (χ3n) is 4.08. The van der Waals surface area contributed by atoms with E-state index in [9.17, 15) is 9.18 Å². The van der Waals surface area contributed by atoms with Crippen LogP contribution in [0.2, 0.25) is 0 Å². The first-order valence-electron chi connectivity index (χ1n) is 7.40. The van der Waals surface area contributed by atoms with Gasteiger partial charge < -0.3 is 10.6 Å². The van der Waals surface area contributed by atoms with Crippen LogP contribution in [0.5, 0.6) is 0 Å². The Hall–Kier alpha value is -1.42. The van der Waals surface area contributed by atoms with Gasteiger partial charge in [-0.15, -0.1) is 0 Å². The van der Waals surface area contributed by atoms with Crippen molar-refractivity contribution in [2.75, 3.05) is 13.1 Å². The first-order chi connectivity index (χ1) is 9.68. The molecule has 1 heterocycles. The van der Waals surface area contributed by atoms with E-state index >= 15 is 0 Å². The minimum atomic E-state index is -0.321. The summed E-state index contributed by atoms with van der Waals surface area (Å²) in [5.74, 6) is -0.214. The van der Waals surface area contributed by atoms with Crippen LogP contribution in [0.15, 0.2) is 24.3 Å². The molecule has 0 aliphatic carbocycles. The number of carbonyl (C=O) groups excluding carboxylic acids is 1. The molecule has 110 valence electrons. The Labute approximate surface area is 120 Å². The van der Waals surface area contributed by atoms with Gasteiger partial charge in [0, 0.05) is 18.7 Å². The number of rotatable bonds is 5. The van der Waals surface area contributed by atoms with Gasteiger partial charge in [-0.1, -0.05) is 31.5 Å². The maximum atomic E-state index is 13.6. The van der Waals surface area contributed by atoms with Crippen molar-refractivity contribution in [3.05, 3.63) is 35.6 Å². The number of piperidine rings is 1. The van der Waals surface area contributed by atoms with Crippen molar-refractivity contribution in [1.29, 1.82) is 0 Å². The Bertz CT molecular complexity index is 450. The SMILES string of the molecule is CCCC1(C(=O)NCc2ccccc2F)CCCNC1. The number of halogens is 1. The topological polar surface area (TPSA) is 41.1 Å². The molecule has 1 aromatic rings. The van der Waals surface area contributed by atoms with E-state index in [-0.39, 0.29) is 23.7 Å². The summed E-state index contributed by atoms with van der Waals surface area (Å²) in [5.41, 5.74) is 0.217.